The maximum Gasteiger partial charge on any atom is 0.0754 e. The van der Waals surface area contributed by atoms with Crippen molar-refractivity contribution in [2.75, 3.05) is 9.80 Å². The molecule has 0 amide bonds. The van der Waals surface area contributed by atoms with Gasteiger partial charge in [-0.25, -0.2) is 0 Å². The summed E-state index contributed by atoms with van der Waals surface area (Å²) in [6.45, 7) is 0. The first-order valence-electron chi connectivity index (χ1n) is 46.7. The molecule has 29 rings (SSSR count). The van der Waals surface area contributed by atoms with Crippen molar-refractivity contribution in [1.82, 2.24) is 9.13 Å². The molecule has 1 atom stereocenters. The molecule has 134 heavy (non-hydrogen) atoms. The second-order valence-corrected chi connectivity index (χ2v) is 36.7. The third kappa shape index (κ3) is 10.4. The Bertz CT molecular complexity index is 9310. The van der Waals surface area contributed by atoms with Crippen LogP contribution in [0.3, 0.4) is 0 Å². The number of fused-ring (bicyclic) bond motifs is 33. The van der Waals surface area contributed by atoms with Gasteiger partial charge < -0.3 is 18.9 Å². The number of nitrogens with zero attached hydrogens (tertiary/aromatic N) is 4. The van der Waals surface area contributed by atoms with Gasteiger partial charge in [-0.05, 0) is 280 Å². The van der Waals surface area contributed by atoms with Crippen LogP contribution in [0.5, 0.6) is 0 Å². The number of anilines is 6. The van der Waals surface area contributed by atoms with Gasteiger partial charge in [-0.1, -0.05) is 370 Å². The number of hydrogen-bond donors (Lipinski definition) is 0. The number of para-hydroxylation sites is 8. The Morgan fingerprint density at radius 3 is 1.15 bits per heavy atom. The average Bonchev–Trinajstić information content (AvgIpc) is 1.55. The van der Waals surface area contributed by atoms with Crippen LogP contribution in [0, 0.1) is 0 Å². The lowest BCUT2D eigenvalue weighted by molar-refractivity contribution is 0.748. The lowest BCUT2D eigenvalue weighted by atomic mass is 9.65. The normalized spacial score (nSPS) is 13.9. The van der Waals surface area contributed by atoms with E-state index in [4.69, 9.17) is 0 Å². The van der Waals surface area contributed by atoms with E-state index in [1.54, 1.807) is 0 Å². The number of benzene rings is 23. The molecule has 25 aromatic rings. The topological polar surface area (TPSA) is 16.3 Å². The summed E-state index contributed by atoms with van der Waals surface area (Å²) in [5, 5.41) is 17.2. The van der Waals surface area contributed by atoms with E-state index in [1.165, 1.54) is 192 Å². The third-order valence-electron chi connectivity index (χ3n) is 30.2. The maximum atomic E-state index is 2.56. The van der Waals surface area contributed by atoms with Crippen LogP contribution in [0.2, 0.25) is 0 Å². The van der Waals surface area contributed by atoms with Gasteiger partial charge in [-0.2, -0.15) is 0 Å². The SMILES string of the molecule is c1ccc(-c2ccc(N(c3ccc4c(ccc5ccc(-c6ccc7c8ccccc8c8cc(-c9cccc(N(c%10ccccc%10)c%10ccccc%10-c%10ccc%11c(c%10)-c%10ccccc%10C%11%10c%11ccccc%11-n%11c%12ccccc%12c%12cccc%10c%12%11)c9)ccc8c7c6)cc54)c3)c3ccccc3-c3ccc4c(c3)c3cccc5c3n4-c3ccccc3C53c4ccccc4-c4ccccc43)cc2)cc1. The molecule has 2 aromatic heterocycles. The molecule has 4 heteroatoms. The summed E-state index contributed by atoms with van der Waals surface area (Å²) in [5.41, 5.74) is 40.1. The molecule has 2 aliphatic carbocycles. The van der Waals surface area contributed by atoms with E-state index in [-0.39, 0.29) is 0 Å². The minimum atomic E-state index is -0.544. The molecule has 0 saturated carbocycles. The molecule has 4 aliphatic rings. The Hall–Kier alpha value is -17.4. The molecule has 2 aliphatic heterocycles. The largest absolute Gasteiger partial charge is 0.310 e. The Labute approximate surface area is 774 Å². The van der Waals surface area contributed by atoms with Crippen LogP contribution in [0.25, 0.3) is 187 Å². The minimum absolute atomic E-state index is 0.490. The predicted octanol–water partition coefficient (Wildman–Crippen LogP) is 34.3. The first-order chi connectivity index (χ1) is 66.5. The molecule has 0 bridgehead atoms. The lowest BCUT2D eigenvalue weighted by Gasteiger charge is -2.39. The second-order valence-electron chi connectivity index (χ2n) is 36.7. The first kappa shape index (κ1) is 74.5. The highest BCUT2D eigenvalue weighted by Crippen LogP contribution is 2.64. The highest BCUT2D eigenvalue weighted by Gasteiger charge is 2.53. The minimum Gasteiger partial charge on any atom is -0.310 e. The molecular formula is C130H80N4. The van der Waals surface area contributed by atoms with Crippen molar-refractivity contribution in [2.24, 2.45) is 0 Å². The van der Waals surface area contributed by atoms with E-state index in [1.807, 2.05) is 0 Å². The van der Waals surface area contributed by atoms with Gasteiger partial charge in [0.2, 0.25) is 0 Å². The van der Waals surface area contributed by atoms with Crippen molar-refractivity contribution in [3.8, 4) is 89.3 Å². The van der Waals surface area contributed by atoms with Gasteiger partial charge in [0.05, 0.1) is 55.6 Å². The Balaban J connectivity index is 0.522. The molecule has 2 spiro atoms. The highest BCUT2D eigenvalue weighted by molar-refractivity contribution is 6.27. The van der Waals surface area contributed by atoms with Crippen LogP contribution < -0.4 is 9.80 Å². The van der Waals surface area contributed by atoms with E-state index in [0.717, 1.165) is 72.9 Å². The van der Waals surface area contributed by atoms with E-state index >= 15 is 0 Å². The third-order valence-corrected chi connectivity index (χ3v) is 30.2. The molecule has 4 heterocycles. The van der Waals surface area contributed by atoms with Crippen LogP contribution in [-0.4, -0.2) is 9.13 Å². The summed E-state index contributed by atoms with van der Waals surface area (Å²) in [5.74, 6) is 0. The molecule has 0 N–H and O–H groups in total. The van der Waals surface area contributed by atoms with Crippen LogP contribution in [0.1, 0.15) is 44.5 Å². The van der Waals surface area contributed by atoms with Crippen LogP contribution in [0.15, 0.2) is 485 Å². The number of aromatic nitrogens is 2. The zero-order chi connectivity index (χ0) is 87.6. The standard InChI is InChI=1S/C130H80N4/c1-3-28-81(29-4-1)82-60-66-92(67-61-82)132(122-52-21-13-35-97(122)90-65-73-124-112(80-90)107-43-27-50-120-128(107)134(124)126-55-24-18-47-117(126)129(120)113-44-15-9-38-102(113)103-39-10-16-45-114(103)129)94-68-71-95-88(75-94)59-57-83-56-58-85(76-108(83)95)87-62-69-100-98-36-7-8-37-99(98)109-77-86(63-70-101(109)110(100)78-87)84-30-25-33-93(74-84)131(91-31-5-2-6-32-91)121-51-20-12-34-96(121)89-64-72-116-111(79-89)104-40-11-17-46-115(104)130(116)118-48-19-23-54-125(118)133-123-53-22-14-41-105(123)106-42-26-49-119(130)127(106)133/h1-80H. The van der Waals surface area contributed by atoms with Gasteiger partial charge in [0, 0.05) is 55.4 Å². The number of hydrogen-bond acceptors (Lipinski definition) is 2. The molecular weight excluding hydrogens is 1620 g/mol. The molecule has 4 nitrogen and oxygen atoms in total. The van der Waals surface area contributed by atoms with Crippen molar-refractivity contribution in [2.45, 2.75) is 10.8 Å². The Kier molecular flexibility index (Phi) is 15.9. The summed E-state index contributed by atoms with van der Waals surface area (Å²) in [6.07, 6.45) is 0. The van der Waals surface area contributed by atoms with Gasteiger partial charge in [0.15, 0.2) is 0 Å². The van der Waals surface area contributed by atoms with Crippen molar-refractivity contribution in [1.29, 1.82) is 0 Å². The quantitative estimate of drug-likeness (QED) is 0.120. The van der Waals surface area contributed by atoms with Crippen molar-refractivity contribution >= 4 is 132 Å². The van der Waals surface area contributed by atoms with Crippen LogP contribution in [-0.2, 0) is 10.8 Å². The summed E-state index contributed by atoms with van der Waals surface area (Å²) >= 11 is 0. The Morgan fingerprint density at radius 1 is 0.157 bits per heavy atom. The van der Waals surface area contributed by atoms with Crippen molar-refractivity contribution in [3.05, 3.63) is 530 Å². The van der Waals surface area contributed by atoms with E-state index in [0.29, 0.717) is 0 Å². The van der Waals surface area contributed by atoms with E-state index in [2.05, 4.69) is 504 Å². The lowest BCUT2D eigenvalue weighted by Crippen LogP contribution is -2.33. The predicted molar refractivity (Wildman–Crippen MR) is 561 cm³/mol. The summed E-state index contributed by atoms with van der Waals surface area (Å²) in [7, 11) is 0. The van der Waals surface area contributed by atoms with Gasteiger partial charge in [-0.15, -0.1) is 0 Å². The fraction of sp³-hybridized carbons (Fsp3) is 0.0154. The highest BCUT2D eigenvalue weighted by atomic mass is 15.2. The van der Waals surface area contributed by atoms with E-state index < -0.39 is 10.8 Å². The van der Waals surface area contributed by atoms with Crippen LogP contribution in [0.4, 0.5) is 34.1 Å². The molecule has 23 aromatic carbocycles. The van der Waals surface area contributed by atoms with Gasteiger partial charge in [0.1, 0.15) is 0 Å². The van der Waals surface area contributed by atoms with Gasteiger partial charge >= 0.3 is 0 Å². The van der Waals surface area contributed by atoms with Gasteiger partial charge in [0.25, 0.3) is 0 Å². The fourth-order valence-corrected chi connectivity index (χ4v) is 24.7. The maximum absolute atomic E-state index is 2.56. The zero-order valence-corrected chi connectivity index (χ0v) is 73.0. The molecule has 0 fully saturated rings. The van der Waals surface area contributed by atoms with E-state index in [9.17, 15) is 0 Å². The molecule has 620 valence electrons. The monoisotopic (exact) mass is 1700 g/mol. The Morgan fingerprint density at radius 2 is 0.515 bits per heavy atom. The average molecular weight is 1700 g/mol. The first-order valence-corrected chi connectivity index (χ1v) is 46.7. The molecule has 0 radical (unpaired) electrons. The molecule has 1 unspecified atom stereocenters. The van der Waals surface area contributed by atoms with Crippen LogP contribution >= 0.6 is 0 Å². The molecule has 0 saturated heterocycles. The summed E-state index contributed by atoms with van der Waals surface area (Å²) in [6, 6.07) is 183. The smallest absolute Gasteiger partial charge is 0.0754 e. The fourth-order valence-electron chi connectivity index (χ4n) is 24.7. The number of rotatable bonds is 11. The van der Waals surface area contributed by atoms with Crippen molar-refractivity contribution < 1.29 is 0 Å². The second kappa shape index (κ2) is 28.5. The zero-order valence-electron chi connectivity index (χ0n) is 73.0. The summed E-state index contributed by atoms with van der Waals surface area (Å²) in [4.78, 5) is 4.93. The summed E-state index contributed by atoms with van der Waals surface area (Å²) < 4.78 is 5.08. The van der Waals surface area contributed by atoms with Gasteiger partial charge in [-0.3, -0.25) is 0 Å². The van der Waals surface area contributed by atoms with Crippen molar-refractivity contribution in [3.63, 3.8) is 0 Å².